The second-order valence-corrected chi connectivity index (χ2v) is 8.30. The number of hydrogen-bond donors (Lipinski definition) is 2. The van der Waals surface area contributed by atoms with Crippen LogP contribution in [0.5, 0.6) is 0 Å². The Kier molecular flexibility index (Phi) is 6.20. The van der Waals surface area contributed by atoms with Crippen molar-refractivity contribution in [2.24, 2.45) is 5.73 Å². The first-order valence-corrected chi connectivity index (χ1v) is 11.4. The highest BCUT2D eigenvalue weighted by Crippen LogP contribution is 2.35. The summed E-state index contributed by atoms with van der Waals surface area (Å²) >= 11 is 1.63. The van der Waals surface area contributed by atoms with Gasteiger partial charge < -0.3 is 20.8 Å². The summed E-state index contributed by atoms with van der Waals surface area (Å²) in [7, 11) is 0. The fourth-order valence-corrected chi connectivity index (χ4v) is 4.32. The first kappa shape index (κ1) is 21.3. The monoisotopic (exact) mass is 434 g/mol. The number of rotatable bonds is 5. The van der Waals surface area contributed by atoms with Gasteiger partial charge in [0.1, 0.15) is 17.0 Å². The van der Waals surface area contributed by atoms with Crippen LogP contribution >= 0.6 is 11.8 Å². The third-order valence-corrected chi connectivity index (χ3v) is 6.12. The van der Waals surface area contributed by atoms with E-state index in [0.29, 0.717) is 24.6 Å². The Hall–Kier alpha value is -2.97. The SMILES string of the molecule is CSc1ccc(-c2cc(N3CCOCC3C)nc3c(/C(N)=C/C=N)nccc23)c(C)n1. The molecule has 3 N–H and O–H groups in total. The van der Waals surface area contributed by atoms with Crippen molar-refractivity contribution in [2.45, 2.75) is 24.9 Å². The number of hydrogen-bond acceptors (Lipinski definition) is 8. The van der Waals surface area contributed by atoms with Gasteiger partial charge in [-0.25, -0.2) is 9.97 Å². The molecule has 1 fully saturated rings. The molecule has 1 saturated heterocycles. The highest BCUT2D eigenvalue weighted by atomic mass is 32.2. The zero-order valence-corrected chi connectivity index (χ0v) is 18.7. The van der Waals surface area contributed by atoms with Crippen LogP contribution in [0.4, 0.5) is 5.82 Å². The maximum atomic E-state index is 7.40. The standard InChI is InChI=1S/C23H26N6OS/c1-14-13-30-11-10-29(14)20-12-18(16-4-5-21(31-3)27-15(16)2)17-7-9-26-23(22(17)28-20)19(25)6-8-24/h4-9,12,14,24H,10-11,13,25H2,1-3H3/b19-6-,24-8?. The molecule has 7 nitrogen and oxygen atoms in total. The number of anilines is 1. The van der Waals surface area contributed by atoms with E-state index in [1.54, 1.807) is 18.0 Å². The van der Waals surface area contributed by atoms with Gasteiger partial charge in [0.05, 0.1) is 30.0 Å². The van der Waals surface area contributed by atoms with Crippen molar-refractivity contribution in [3.8, 4) is 11.1 Å². The fourth-order valence-electron chi connectivity index (χ4n) is 3.89. The maximum Gasteiger partial charge on any atom is 0.130 e. The van der Waals surface area contributed by atoms with E-state index < -0.39 is 0 Å². The second kappa shape index (κ2) is 9.03. The molecule has 3 aromatic heterocycles. The van der Waals surface area contributed by atoms with Crippen molar-refractivity contribution in [3.05, 3.63) is 47.9 Å². The number of morpholine rings is 1. The van der Waals surface area contributed by atoms with Crippen molar-refractivity contribution >= 4 is 40.4 Å². The number of nitrogens with two attached hydrogens (primary N) is 1. The van der Waals surface area contributed by atoms with Gasteiger partial charge in [-0.05, 0) is 56.0 Å². The predicted octanol–water partition coefficient (Wildman–Crippen LogP) is 3.90. The Morgan fingerprint density at radius 1 is 1.29 bits per heavy atom. The van der Waals surface area contributed by atoms with E-state index in [1.807, 2.05) is 25.3 Å². The van der Waals surface area contributed by atoms with Crippen LogP contribution in [-0.4, -0.2) is 53.2 Å². The zero-order chi connectivity index (χ0) is 22.0. The normalized spacial score (nSPS) is 17.2. The molecule has 160 valence electrons. The molecule has 8 heteroatoms. The number of allylic oxidation sites excluding steroid dienone is 1. The van der Waals surface area contributed by atoms with Gasteiger partial charge in [-0.2, -0.15) is 0 Å². The minimum absolute atomic E-state index is 0.208. The number of aryl methyl sites for hydroxylation is 1. The number of pyridine rings is 3. The van der Waals surface area contributed by atoms with Crippen molar-refractivity contribution in [1.82, 2.24) is 15.0 Å². The Morgan fingerprint density at radius 2 is 2.13 bits per heavy atom. The van der Waals surface area contributed by atoms with Gasteiger partial charge in [0, 0.05) is 35.6 Å². The molecule has 4 heterocycles. The van der Waals surface area contributed by atoms with Crippen LogP contribution in [0.3, 0.4) is 0 Å². The number of ether oxygens (including phenoxy) is 1. The summed E-state index contributed by atoms with van der Waals surface area (Å²) in [5, 5.41) is 9.35. The molecule has 0 bridgehead atoms. The maximum absolute atomic E-state index is 7.40. The van der Waals surface area contributed by atoms with Crippen molar-refractivity contribution in [1.29, 1.82) is 5.41 Å². The number of fused-ring (bicyclic) bond motifs is 1. The van der Waals surface area contributed by atoms with Crippen LogP contribution < -0.4 is 10.6 Å². The van der Waals surface area contributed by atoms with Crippen LogP contribution in [0.25, 0.3) is 27.7 Å². The smallest absolute Gasteiger partial charge is 0.130 e. The van der Waals surface area contributed by atoms with E-state index in [-0.39, 0.29) is 6.04 Å². The van der Waals surface area contributed by atoms with Crippen molar-refractivity contribution < 1.29 is 4.74 Å². The first-order valence-electron chi connectivity index (χ1n) is 10.2. The molecule has 4 rings (SSSR count). The van der Waals surface area contributed by atoms with Gasteiger partial charge in [-0.1, -0.05) is 0 Å². The van der Waals surface area contributed by atoms with Crippen molar-refractivity contribution in [3.63, 3.8) is 0 Å². The fraction of sp³-hybridized carbons (Fsp3) is 0.304. The quantitative estimate of drug-likeness (QED) is 0.464. The molecule has 0 aromatic carbocycles. The van der Waals surface area contributed by atoms with E-state index in [2.05, 4.69) is 28.9 Å². The lowest BCUT2D eigenvalue weighted by Gasteiger charge is -2.34. The summed E-state index contributed by atoms with van der Waals surface area (Å²) in [6.07, 6.45) is 6.47. The summed E-state index contributed by atoms with van der Waals surface area (Å²) in [5.41, 5.74) is 11.0. The van der Waals surface area contributed by atoms with Crippen LogP contribution in [0.1, 0.15) is 18.3 Å². The molecular weight excluding hydrogens is 408 g/mol. The summed E-state index contributed by atoms with van der Waals surface area (Å²) in [6, 6.07) is 8.47. The van der Waals surface area contributed by atoms with Crippen LogP contribution in [-0.2, 0) is 4.74 Å². The molecule has 1 atom stereocenters. The van der Waals surface area contributed by atoms with Gasteiger partial charge in [0.25, 0.3) is 0 Å². The molecule has 0 saturated carbocycles. The van der Waals surface area contributed by atoms with Gasteiger partial charge in [0.15, 0.2) is 0 Å². The largest absolute Gasteiger partial charge is 0.397 e. The lowest BCUT2D eigenvalue weighted by Crippen LogP contribution is -2.44. The highest BCUT2D eigenvalue weighted by molar-refractivity contribution is 7.98. The van der Waals surface area contributed by atoms with Gasteiger partial charge >= 0.3 is 0 Å². The van der Waals surface area contributed by atoms with E-state index >= 15 is 0 Å². The lowest BCUT2D eigenvalue weighted by atomic mass is 9.99. The van der Waals surface area contributed by atoms with Crippen molar-refractivity contribution in [2.75, 3.05) is 30.9 Å². The Bertz CT molecular complexity index is 1160. The number of nitrogens with zero attached hydrogens (tertiary/aromatic N) is 4. The average molecular weight is 435 g/mol. The predicted molar refractivity (Wildman–Crippen MR) is 128 cm³/mol. The zero-order valence-electron chi connectivity index (χ0n) is 17.9. The first-order chi connectivity index (χ1) is 15.0. The molecule has 31 heavy (non-hydrogen) atoms. The topological polar surface area (TPSA) is 101 Å². The molecule has 0 amide bonds. The molecule has 1 aliphatic rings. The Labute approximate surface area is 186 Å². The van der Waals surface area contributed by atoms with E-state index in [4.69, 9.17) is 25.8 Å². The summed E-state index contributed by atoms with van der Waals surface area (Å²) in [6.45, 7) is 6.26. The summed E-state index contributed by atoms with van der Waals surface area (Å²) in [5.74, 6) is 0.864. The average Bonchev–Trinajstić information content (AvgIpc) is 2.78. The Balaban J connectivity index is 2.01. The van der Waals surface area contributed by atoms with Crippen LogP contribution in [0.2, 0.25) is 0 Å². The lowest BCUT2D eigenvalue weighted by molar-refractivity contribution is 0.0986. The third-order valence-electron chi connectivity index (χ3n) is 5.47. The molecule has 0 radical (unpaired) electrons. The van der Waals surface area contributed by atoms with Gasteiger partial charge in [-0.3, -0.25) is 4.98 Å². The molecule has 0 spiro atoms. The number of aromatic nitrogens is 3. The molecule has 1 aliphatic heterocycles. The van der Waals surface area contributed by atoms with Gasteiger partial charge in [-0.15, -0.1) is 11.8 Å². The number of thioether (sulfide) groups is 1. The highest BCUT2D eigenvalue weighted by Gasteiger charge is 2.23. The van der Waals surface area contributed by atoms with E-state index in [0.717, 1.165) is 45.1 Å². The third kappa shape index (κ3) is 4.13. The van der Waals surface area contributed by atoms with Crippen LogP contribution in [0, 0.1) is 12.3 Å². The van der Waals surface area contributed by atoms with E-state index in [1.165, 1.54) is 12.3 Å². The second-order valence-electron chi connectivity index (χ2n) is 7.48. The summed E-state index contributed by atoms with van der Waals surface area (Å²) in [4.78, 5) is 16.5. The Morgan fingerprint density at radius 3 is 2.84 bits per heavy atom. The van der Waals surface area contributed by atoms with Crippen LogP contribution in [0.15, 0.2) is 41.6 Å². The summed E-state index contributed by atoms with van der Waals surface area (Å²) < 4.78 is 5.63. The molecule has 0 aliphatic carbocycles. The molecular formula is C23H26N6OS. The van der Waals surface area contributed by atoms with Gasteiger partial charge in [0.2, 0.25) is 0 Å². The molecule has 1 unspecified atom stereocenters. The minimum Gasteiger partial charge on any atom is -0.397 e. The minimum atomic E-state index is 0.208. The molecule has 3 aromatic rings. The van der Waals surface area contributed by atoms with E-state index in [9.17, 15) is 0 Å². The number of nitrogens with one attached hydrogen (secondary N) is 1.